The monoisotopic (exact) mass is 227 g/mol. The van der Waals surface area contributed by atoms with Gasteiger partial charge >= 0.3 is 0 Å². The van der Waals surface area contributed by atoms with Crippen molar-refractivity contribution in [1.29, 1.82) is 0 Å². The minimum atomic E-state index is -0.151. The Hall–Kier alpha value is -2.23. The summed E-state index contributed by atoms with van der Waals surface area (Å²) in [5.74, 6) is 0.316. The standard InChI is InChI=1S/C13H13N3O/c1-9-3-5-11(6-4-9)12-7-8-13(16-15-12)14-10(2)17/h3-8H,1-2H3,(H,14,16,17). The average Bonchev–Trinajstić information content (AvgIpc) is 2.30. The van der Waals surface area contributed by atoms with Crippen molar-refractivity contribution in [2.45, 2.75) is 13.8 Å². The summed E-state index contributed by atoms with van der Waals surface area (Å²) in [4.78, 5) is 10.8. The van der Waals surface area contributed by atoms with Crippen molar-refractivity contribution in [2.24, 2.45) is 0 Å². The van der Waals surface area contributed by atoms with E-state index < -0.39 is 0 Å². The van der Waals surface area contributed by atoms with E-state index in [-0.39, 0.29) is 5.91 Å². The summed E-state index contributed by atoms with van der Waals surface area (Å²) in [6.45, 7) is 3.48. The van der Waals surface area contributed by atoms with Gasteiger partial charge in [-0.2, -0.15) is 0 Å². The topological polar surface area (TPSA) is 54.9 Å². The average molecular weight is 227 g/mol. The number of nitrogens with zero attached hydrogens (tertiary/aromatic N) is 2. The van der Waals surface area contributed by atoms with Crippen molar-refractivity contribution in [3.63, 3.8) is 0 Å². The van der Waals surface area contributed by atoms with E-state index in [0.717, 1.165) is 11.3 Å². The van der Waals surface area contributed by atoms with E-state index in [1.807, 2.05) is 37.3 Å². The van der Waals surface area contributed by atoms with Crippen LogP contribution < -0.4 is 5.32 Å². The molecule has 17 heavy (non-hydrogen) atoms. The third-order valence-electron chi connectivity index (χ3n) is 2.32. The zero-order chi connectivity index (χ0) is 12.3. The van der Waals surface area contributed by atoms with E-state index in [2.05, 4.69) is 15.5 Å². The number of carbonyl (C=O) groups excluding carboxylic acids is 1. The number of nitrogens with one attached hydrogen (secondary N) is 1. The maximum atomic E-state index is 10.8. The van der Waals surface area contributed by atoms with Crippen molar-refractivity contribution in [3.05, 3.63) is 42.0 Å². The van der Waals surface area contributed by atoms with Gasteiger partial charge in [0.05, 0.1) is 5.69 Å². The molecule has 1 aromatic carbocycles. The minimum absolute atomic E-state index is 0.151. The first kappa shape index (κ1) is 11.3. The van der Waals surface area contributed by atoms with Crippen molar-refractivity contribution in [3.8, 4) is 11.3 Å². The molecule has 0 aliphatic carbocycles. The largest absolute Gasteiger partial charge is 0.309 e. The second kappa shape index (κ2) is 4.74. The van der Waals surface area contributed by atoms with E-state index >= 15 is 0 Å². The van der Waals surface area contributed by atoms with Gasteiger partial charge in [0, 0.05) is 12.5 Å². The van der Waals surface area contributed by atoms with E-state index in [1.165, 1.54) is 12.5 Å². The maximum Gasteiger partial charge on any atom is 0.222 e. The summed E-state index contributed by atoms with van der Waals surface area (Å²) in [5.41, 5.74) is 3.01. The highest BCUT2D eigenvalue weighted by molar-refractivity contribution is 5.87. The second-order valence-electron chi connectivity index (χ2n) is 3.85. The fourth-order valence-corrected chi connectivity index (χ4v) is 1.46. The molecule has 0 bridgehead atoms. The number of hydrogen-bond donors (Lipinski definition) is 1. The molecule has 0 radical (unpaired) electrons. The molecule has 0 unspecified atom stereocenters. The van der Waals surface area contributed by atoms with Gasteiger partial charge in [-0.3, -0.25) is 4.79 Å². The quantitative estimate of drug-likeness (QED) is 0.857. The molecule has 0 atom stereocenters. The van der Waals surface area contributed by atoms with Crippen LogP contribution >= 0.6 is 0 Å². The molecule has 1 aromatic heterocycles. The summed E-state index contributed by atoms with van der Waals surface area (Å²) in [5, 5.41) is 10.6. The highest BCUT2D eigenvalue weighted by Gasteiger charge is 2.01. The molecule has 0 saturated carbocycles. The summed E-state index contributed by atoms with van der Waals surface area (Å²) >= 11 is 0. The highest BCUT2D eigenvalue weighted by Crippen LogP contribution is 2.17. The van der Waals surface area contributed by atoms with Crippen LogP contribution in [-0.4, -0.2) is 16.1 Å². The molecule has 2 rings (SSSR count). The van der Waals surface area contributed by atoms with Crippen LogP contribution in [0.25, 0.3) is 11.3 Å². The van der Waals surface area contributed by atoms with E-state index in [9.17, 15) is 4.79 Å². The number of hydrogen-bond acceptors (Lipinski definition) is 3. The number of rotatable bonds is 2. The van der Waals surface area contributed by atoms with Gasteiger partial charge in [0.25, 0.3) is 0 Å². The van der Waals surface area contributed by atoms with Crippen LogP contribution in [0.5, 0.6) is 0 Å². The lowest BCUT2D eigenvalue weighted by Gasteiger charge is -2.02. The van der Waals surface area contributed by atoms with Gasteiger partial charge in [-0.05, 0) is 19.1 Å². The Labute approximate surface area is 99.7 Å². The summed E-state index contributed by atoms with van der Waals surface area (Å²) in [6, 6.07) is 11.6. The third kappa shape index (κ3) is 2.87. The zero-order valence-electron chi connectivity index (χ0n) is 9.77. The van der Waals surface area contributed by atoms with Gasteiger partial charge in [-0.25, -0.2) is 0 Å². The Morgan fingerprint density at radius 2 is 1.76 bits per heavy atom. The molecule has 1 amide bonds. The second-order valence-corrected chi connectivity index (χ2v) is 3.85. The van der Waals surface area contributed by atoms with Crippen LogP contribution in [0.1, 0.15) is 12.5 Å². The van der Waals surface area contributed by atoms with Gasteiger partial charge in [-0.15, -0.1) is 10.2 Å². The van der Waals surface area contributed by atoms with Gasteiger partial charge in [0.1, 0.15) is 0 Å². The van der Waals surface area contributed by atoms with Crippen LogP contribution in [-0.2, 0) is 4.79 Å². The predicted octanol–water partition coefficient (Wildman–Crippen LogP) is 2.41. The zero-order valence-corrected chi connectivity index (χ0v) is 9.77. The molecule has 0 aliphatic rings. The first-order valence-corrected chi connectivity index (χ1v) is 5.33. The van der Waals surface area contributed by atoms with Gasteiger partial charge in [-0.1, -0.05) is 29.8 Å². The Balaban J connectivity index is 2.23. The first-order chi connectivity index (χ1) is 8.15. The maximum absolute atomic E-state index is 10.8. The Bertz CT molecular complexity index is 517. The molecular weight excluding hydrogens is 214 g/mol. The lowest BCUT2D eigenvalue weighted by molar-refractivity contribution is -0.114. The van der Waals surface area contributed by atoms with Crippen molar-refractivity contribution >= 4 is 11.7 Å². The van der Waals surface area contributed by atoms with E-state index in [1.54, 1.807) is 6.07 Å². The molecule has 4 nitrogen and oxygen atoms in total. The van der Waals surface area contributed by atoms with Gasteiger partial charge < -0.3 is 5.32 Å². The Morgan fingerprint density at radius 3 is 2.29 bits per heavy atom. The van der Waals surface area contributed by atoms with E-state index in [0.29, 0.717) is 5.82 Å². The van der Waals surface area contributed by atoms with Crippen LogP contribution in [0.3, 0.4) is 0 Å². The number of anilines is 1. The summed E-state index contributed by atoms with van der Waals surface area (Å²) < 4.78 is 0. The molecule has 0 saturated heterocycles. The SMILES string of the molecule is CC(=O)Nc1ccc(-c2ccc(C)cc2)nn1. The fourth-order valence-electron chi connectivity index (χ4n) is 1.46. The lowest BCUT2D eigenvalue weighted by atomic mass is 10.1. The smallest absolute Gasteiger partial charge is 0.222 e. The molecule has 1 heterocycles. The number of benzene rings is 1. The van der Waals surface area contributed by atoms with Gasteiger partial charge in [0.2, 0.25) is 5.91 Å². The van der Waals surface area contributed by atoms with Gasteiger partial charge in [0.15, 0.2) is 5.82 Å². The van der Waals surface area contributed by atoms with Crippen molar-refractivity contribution < 1.29 is 4.79 Å². The minimum Gasteiger partial charge on any atom is -0.309 e. The van der Waals surface area contributed by atoms with Crippen LogP contribution in [0.2, 0.25) is 0 Å². The van der Waals surface area contributed by atoms with E-state index in [4.69, 9.17) is 0 Å². The number of carbonyl (C=O) groups is 1. The molecular formula is C13H13N3O. The summed E-state index contributed by atoms with van der Waals surface area (Å²) in [6.07, 6.45) is 0. The van der Waals surface area contributed by atoms with Crippen LogP contribution in [0, 0.1) is 6.92 Å². The molecule has 0 aliphatic heterocycles. The Kier molecular flexibility index (Phi) is 3.14. The normalized spacial score (nSPS) is 10.0. The molecule has 1 N–H and O–H groups in total. The molecule has 0 fully saturated rings. The highest BCUT2D eigenvalue weighted by atomic mass is 16.1. The first-order valence-electron chi connectivity index (χ1n) is 5.33. The molecule has 0 spiro atoms. The van der Waals surface area contributed by atoms with Crippen LogP contribution in [0.15, 0.2) is 36.4 Å². The van der Waals surface area contributed by atoms with Crippen molar-refractivity contribution in [1.82, 2.24) is 10.2 Å². The predicted molar refractivity (Wildman–Crippen MR) is 66.5 cm³/mol. The third-order valence-corrected chi connectivity index (χ3v) is 2.32. The number of aryl methyl sites for hydroxylation is 1. The lowest BCUT2D eigenvalue weighted by Crippen LogP contribution is -2.07. The molecule has 2 aromatic rings. The van der Waals surface area contributed by atoms with Crippen LogP contribution in [0.4, 0.5) is 5.82 Å². The molecule has 86 valence electrons. The Morgan fingerprint density at radius 1 is 1.06 bits per heavy atom. The van der Waals surface area contributed by atoms with Crippen molar-refractivity contribution in [2.75, 3.05) is 5.32 Å². The number of aromatic nitrogens is 2. The number of amides is 1. The summed E-state index contributed by atoms with van der Waals surface area (Å²) in [7, 11) is 0. The molecule has 4 heteroatoms. The fraction of sp³-hybridized carbons (Fsp3) is 0.154.